The van der Waals surface area contributed by atoms with E-state index >= 15 is 0 Å². The number of nitrogens with zero attached hydrogens (tertiary/aromatic N) is 2. The number of hydrogen-bond donors (Lipinski definition) is 2. The Labute approximate surface area is 182 Å². The number of pyridine rings is 1. The number of anilines is 1. The van der Waals surface area contributed by atoms with Crippen molar-refractivity contribution in [3.05, 3.63) is 83.7 Å². The number of aryl methyl sites for hydroxylation is 1. The molecule has 1 aromatic heterocycles. The molecule has 3 aromatic rings. The highest BCUT2D eigenvalue weighted by molar-refractivity contribution is 6.10. The summed E-state index contributed by atoms with van der Waals surface area (Å²) in [6.45, 7) is 2.49. The maximum atomic E-state index is 12.9. The van der Waals surface area contributed by atoms with Crippen LogP contribution in [0.25, 0.3) is 0 Å². The average Bonchev–Trinajstić information content (AvgIpc) is 2.83. The number of methoxy groups -OCH3 is 2. The summed E-state index contributed by atoms with van der Waals surface area (Å²) in [5.74, 6) is 1.07. The van der Waals surface area contributed by atoms with Crippen LogP contribution in [0.15, 0.2) is 72.0 Å². The molecule has 0 aliphatic carbocycles. The van der Waals surface area contributed by atoms with Crippen LogP contribution < -0.4 is 20.1 Å². The van der Waals surface area contributed by atoms with Gasteiger partial charge < -0.3 is 14.8 Å². The van der Waals surface area contributed by atoms with Crippen LogP contribution in [0.5, 0.6) is 11.5 Å². The molecule has 2 aromatic carbocycles. The largest absolute Gasteiger partial charge is 0.497 e. The molecule has 0 fully saturated rings. The van der Waals surface area contributed by atoms with Gasteiger partial charge in [-0.2, -0.15) is 0 Å². The molecule has 160 valence electrons. The molecule has 0 saturated heterocycles. The van der Waals surface area contributed by atoms with Crippen LogP contribution in [-0.2, 0) is 13.0 Å². The SMILES string of the molecule is CCc1ccc(NC(=NCc2ccncc2)NC(=O)c2cc(OC)cc(OC)c2)cc1. The van der Waals surface area contributed by atoms with Gasteiger partial charge in [-0.3, -0.25) is 15.1 Å². The minimum absolute atomic E-state index is 0.330. The highest BCUT2D eigenvalue weighted by atomic mass is 16.5. The number of aromatic nitrogens is 1. The average molecular weight is 418 g/mol. The van der Waals surface area contributed by atoms with Gasteiger partial charge in [0.25, 0.3) is 5.91 Å². The second-order valence-corrected chi connectivity index (χ2v) is 6.75. The molecule has 3 rings (SSSR count). The van der Waals surface area contributed by atoms with Crippen molar-refractivity contribution in [2.75, 3.05) is 19.5 Å². The van der Waals surface area contributed by atoms with Gasteiger partial charge in [-0.1, -0.05) is 19.1 Å². The van der Waals surface area contributed by atoms with Gasteiger partial charge in [-0.05, 0) is 53.9 Å². The van der Waals surface area contributed by atoms with E-state index in [-0.39, 0.29) is 5.91 Å². The number of ether oxygens (including phenoxy) is 2. The Morgan fingerprint density at radius 1 is 0.935 bits per heavy atom. The molecule has 0 radical (unpaired) electrons. The van der Waals surface area contributed by atoms with Crippen LogP contribution in [0.4, 0.5) is 5.69 Å². The maximum absolute atomic E-state index is 12.9. The second kappa shape index (κ2) is 10.8. The molecular weight excluding hydrogens is 392 g/mol. The molecule has 0 bridgehead atoms. The summed E-state index contributed by atoms with van der Waals surface area (Å²) in [6, 6.07) is 16.8. The quantitative estimate of drug-likeness (QED) is 0.446. The number of nitrogens with one attached hydrogen (secondary N) is 2. The minimum Gasteiger partial charge on any atom is -0.497 e. The molecule has 2 N–H and O–H groups in total. The first-order valence-corrected chi connectivity index (χ1v) is 9.95. The van der Waals surface area contributed by atoms with E-state index in [1.165, 1.54) is 5.56 Å². The fourth-order valence-electron chi connectivity index (χ4n) is 2.85. The van der Waals surface area contributed by atoms with Crippen molar-refractivity contribution in [1.29, 1.82) is 0 Å². The molecule has 1 heterocycles. The monoisotopic (exact) mass is 418 g/mol. The molecule has 0 unspecified atom stereocenters. The van der Waals surface area contributed by atoms with Gasteiger partial charge in [-0.25, -0.2) is 4.99 Å². The third-order valence-electron chi connectivity index (χ3n) is 4.64. The van der Waals surface area contributed by atoms with Gasteiger partial charge in [0, 0.05) is 29.7 Å². The van der Waals surface area contributed by atoms with Gasteiger partial charge >= 0.3 is 0 Å². The summed E-state index contributed by atoms with van der Waals surface area (Å²) in [5, 5.41) is 6.05. The lowest BCUT2D eigenvalue weighted by molar-refractivity contribution is 0.0976. The van der Waals surface area contributed by atoms with E-state index in [0.29, 0.717) is 29.6 Å². The molecule has 7 heteroatoms. The highest BCUT2D eigenvalue weighted by Gasteiger charge is 2.13. The number of benzene rings is 2. The zero-order valence-corrected chi connectivity index (χ0v) is 17.9. The number of rotatable bonds is 7. The molecule has 1 amide bonds. The zero-order chi connectivity index (χ0) is 22.1. The van der Waals surface area contributed by atoms with Crippen LogP contribution in [0, 0.1) is 0 Å². The van der Waals surface area contributed by atoms with E-state index in [1.54, 1.807) is 44.8 Å². The summed E-state index contributed by atoms with van der Waals surface area (Å²) in [4.78, 5) is 21.5. The lowest BCUT2D eigenvalue weighted by Crippen LogP contribution is -2.36. The van der Waals surface area contributed by atoms with E-state index in [4.69, 9.17) is 9.47 Å². The Morgan fingerprint density at radius 2 is 1.58 bits per heavy atom. The maximum Gasteiger partial charge on any atom is 0.258 e. The molecule has 0 atom stereocenters. The van der Waals surface area contributed by atoms with Gasteiger partial charge in [-0.15, -0.1) is 0 Å². The number of hydrogen-bond acceptors (Lipinski definition) is 5. The van der Waals surface area contributed by atoms with Gasteiger partial charge in [0.15, 0.2) is 0 Å². The Balaban J connectivity index is 1.83. The fraction of sp³-hybridized carbons (Fsp3) is 0.208. The molecule has 0 aliphatic heterocycles. The first-order valence-electron chi connectivity index (χ1n) is 9.95. The smallest absolute Gasteiger partial charge is 0.258 e. The second-order valence-electron chi connectivity index (χ2n) is 6.75. The van der Waals surface area contributed by atoms with Gasteiger partial charge in [0.2, 0.25) is 5.96 Å². The predicted octanol–water partition coefficient (Wildman–Crippen LogP) is 4.06. The lowest BCUT2D eigenvalue weighted by atomic mass is 10.1. The minimum atomic E-state index is -0.330. The Bertz CT molecular complexity index is 1010. The standard InChI is InChI=1S/C24H26N4O3/c1-4-17-5-7-20(8-6-17)27-24(26-16-18-9-11-25-12-10-18)28-23(29)19-13-21(30-2)15-22(14-19)31-3/h5-15H,4,16H2,1-3H3,(H2,26,27,28,29). The van der Waals surface area contributed by atoms with Crippen molar-refractivity contribution in [2.24, 2.45) is 4.99 Å². The van der Waals surface area contributed by atoms with Crippen LogP contribution in [0.2, 0.25) is 0 Å². The van der Waals surface area contributed by atoms with E-state index in [0.717, 1.165) is 17.7 Å². The van der Waals surface area contributed by atoms with E-state index in [1.807, 2.05) is 36.4 Å². The summed E-state index contributed by atoms with van der Waals surface area (Å²) < 4.78 is 10.5. The number of carbonyl (C=O) groups excluding carboxylic acids is 1. The van der Waals surface area contributed by atoms with Gasteiger partial charge in [0.05, 0.1) is 20.8 Å². The van der Waals surface area contributed by atoms with Gasteiger partial charge in [0.1, 0.15) is 11.5 Å². The number of aliphatic imine (C=N–C) groups is 1. The van der Waals surface area contributed by atoms with Crippen molar-refractivity contribution < 1.29 is 14.3 Å². The van der Waals surface area contributed by atoms with Crippen LogP contribution >= 0.6 is 0 Å². The Hall–Kier alpha value is -3.87. The summed E-state index contributed by atoms with van der Waals surface area (Å²) >= 11 is 0. The van der Waals surface area contributed by atoms with Crippen molar-refractivity contribution in [1.82, 2.24) is 10.3 Å². The number of carbonyl (C=O) groups is 1. The predicted molar refractivity (Wildman–Crippen MR) is 122 cm³/mol. The molecule has 0 aliphatic rings. The van der Waals surface area contributed by atoms with Crippen LogP contribution in [-0.4, -0.2) is 31.1 Å². The van der Waals surface area contributed by atoms with Crippen LogP contribution in [0.3, 0.4) is 0 Å². The molecule has 7 nitrogen and oxygen atoms in total. The normalized spacial score (nSPS) is 11.0. The van der Waals surface area contributed by atoms with Crippen LogP contribution in [0.1, 0.15) is 28.4 Å². The number of guanidine groups is 1. The molecule has 0 saturated carbocycles. The first kappa shape index (κ1) is 21.8. The summed E-state index contributed by atoms with van der Waals surface area (Å²) in [7, 11) is 3.08. The Morgan fingerprint density at radius 3 is 2.16 bits per heavy atom. The summed E-state index contributed by atoms with van der Waals surface area (Å²) in [6.07, 6.45) is 4.38. The summed E-state index contributed by atoms with van der Waals surface area (Å²) in [5.41, 5.74) is 3.44. The Kier molecular flexibility index (Phi) is 7.59. The molecule has 0 spiro atoms. The van der Waals surface area contributed by atoms with Crippen molar-refractivity contribution in [3.8, 4) is 11.5 Å². The van der Waals surface area contributed by atoms with Crippen molar-refractivity contribution in [2.45, 2.75) is 19.9 Å². The van der Waals surface area contributed by atoms with E-state index in [9.17, 15) is 4.79 Å². The van der Waals surface area contributed by atoms with E-state index < -0.39 is 0 Å². The molecular formula is C24H26N4O3. The lowest BCUT2D eigenvalue weighted by Gasteiger charge is -2.13. The van der Waals surface area contributed by atoms with Crippen molar-refractivity contribution in [3.63, 3.8) is 0 Å². The third kappa shape index (κ3) is 6.30. The van der Waals surface area contributed by atoms with Crippen molar-refractivity contribution >= 4 is 17.6 Å². The van der Waals surface area contributed by atoms with E-state index in [2.05, 4.69) is 27.5 Å². The fourth-order valence-corrected chi connectivity index (χ4v) is 2.85. The molecule has 31 heavy (non-hydrogen) atoms. The topological polar surface area (TPSA) is 84.8 Å². The highest BCUT2D eigenvalue weighted by Crippen LogP contribution is 2.22. The zero-order valence-electron chi connectivity index (χ0n) is 17.9. The first-order chi connectivity index (χ1) is 15.1. The third-order valence-corrected chi connectivity index (χ3v) is 4.64. The number of amides is 1.